The molecule has 2 heterocycles. The molecule has 1 unspecified atom stereocenters. The number of nitriles is 1. The highest BCUT2D eigenvalue weighted by Gasteiger charge is 2.42. The topological polar surface area (TPSA) is 154 Å². The fraction of sp³-hybridized carbons (Fsp3) is 0.167. The van der Waals surface area contributed by atoms with Crippen molar-refractivity contribution in [3.05, 3.63) is 107 Å². The number of pyridine rings is 1. The van der Waals surface area contributed by atoms with Crippen LogP contribution in [0.4, 0.5) is 5.69 Å². The highest BCUT2D eigenvalue weighted by atomic mass is 16.5. The highest BCUT2D eigenvalue weighted by molar-refractivity contribution is 6.06. The van der Waals surface area contributed by atoms with E-state index >= 15 is 0 Å². The molecule has 208 valence electrons. The van der Waals surface area contributed by atoms with Crippen LogP contribution < -0.4 is 15.4 Å². The molecule has 41 heavy (non-hydrogen) atoms. The summed E-state index contributed by atoms with van der Waals surface area (Å²) in [5.74, 6) is -2.72. The van der Waals surface area contributed by atoms with E-state index in [1.165, 1.54) is 37.4 Å². The zero-order chi connectivity index (χ0) is 29.5. The zero-order valence-corrected chi connectivity index (χ0v) is 22.5. The number of nitrogens with two attached hydrogens (primary N) is 1. The van der Waals surface area contributed by atoms with Crippen molar-refractivity contribution >= 4 is 23.6 Å². The molecule has 1 aliphatic heterocycles. The molecular weight excluding hydrogens is 528 g/mol. The number of esters is 3. The number of anilines is 1. The Labute approximate surface area is 236 Å². The molecule has 0 fully saturated rings. The molecule has 4 rings (SSSR count). The second-order valence-electron chi connectivity index (χ2n) is 8.53. The van der Waals surface area contributed by atoms with E-state index in [0.717, 1.165) is 0 Å². The largest absolute Gasteiger partial charge is 0.466 e. The van der Waals surface area contributed by atoms with Crippen LogP contribution in [0.2, 0.25) is 0 Å². The van der Waals surface area contributed by atoms with Gasteiger partial charge in [0.2, 0.25) is 5.88 Å². The lowest BCUT2D eigenvalue weighted by atomic mass is 9.81. The van der Waals surface area contributed by atoms with Crippen molar-refractivity contribution < 1.29 is 33.3 Å². The van der Waals surface area contributed by atoms with Gasteiger partial charge in [-0.15, -0.1) is 0 Å². The lowest BCUT2D eigenvalue weighted by molar-refractivity contribution is -0.139. The van der Waals surface area contributed by atoms with E-state index in [4.69, 9.17) is 24.7 Å². The van der Waals surface area contributed by atoms with Crippen LogP contribution in [0.15, 0.2) is 95.6 Å². The van der Waals surface area contributed by atoms with Crippen LogP contribution in [0.1, 0.15) is 28.8 Å². The molecule has 0 radical (unpaired) electrons. The van der Waals surface area contributed by atoms with Crippen LogP contribution >= 0.6 is 0 Å². The molecule has 1 atom stereocenters. The summed E-state index contributed by atoms with van der Waals surface area (Å²) in [5, 5.41) is 10.2. The van der Waals surface area contributed by atoms with Gasteiger partial charge in [0.1, 0.15) is 17.3 Å². The van der Waals surface area contributed by atoms with Crippen LogP contribution in [-0.4, -0.2) is 43.7 Å². The van der Waals surface area contributed by atoms with Gasteiger partial charge in [0, 0.05) is 18.0 Å². The molecule has 0 aliphatic carbocycles. The van der Waals surface area contributed by atoms with Gasteiger partial charge in [-0.25, -0.2) is 19.4 Å². The average molecular weight is 555 g/mol. The first-order chi connectivity index (χ1) is 19.8. The van der Waals surface area contributed by atoms with Crippen molar-refractivity contribution in [3.8, 4) is 17.7 Å². The van der Waals surface area contributed by atoms with Crippen LogP contribution in [0.3, 0.4) is 0 Å². The van der Waals surface area contributed by atoms with Gasteiger partial charge in [-0.2, -0.15) is 5.26 Å². The predicted molar refractivity (Wildman–Crippen MR) is 146 cm³/mol. The monoisotopic (exact) mass is 554 g/mol. The van der Waals surface area contributed by atoms with Gasteiger partial charge < -0.3 is 24.7 Å². The lowest BCUT2D eigenvalue weighted by Gasteiger charge is -2.35. The van der Waals surface area contributed by atoms with Crippen molar-refractivity contribution in [2.75, 3.05) is 25.7 Å². The van der Waals surface area contributed by atoms with Crippen LogP contribution in [-0.2, 0) is 23.8 Å². The van der Waals surface area contributed by atoms with E-state index in [-0.39, 0.29) is 40.7 Å². The van der Waals surface area contributed by atoms with Gasteiger partial charge in [-0.1, -0.05) is 30.3 Å². The van der Waals surface area contributed by atoms with Crippen molar-refractivity contribution in [2.24, 2.45) is 5.73 Å². The summed E-state index contributed by atoms with van der Waals surface area (Å²) in [6, 6.07) is 20.1. The van der Waals surface area contributed by atoms with E-state index in [9.17, 15) is 19.6 Å². The normalized spacial score (nSPS) is 14.7. The molecule has 1 aromatic heterocycles. The first-order valence-corrected chi connectivity index (χ1v) is 12.4. The molecule has 0 spiro atoms. The Kier molecular flexibility index (Phi) is 8.64. The summed E-state index contributed by atoms with van der Waals surface area (Å²) in [6.07, 6.45) is 1.42. The molecule has 0 saturated heterocycles. The second kappa shape index (κ2) is 12.5. The van der Waals surface area contributed by atoms with Gasteiger partial charge in [0.05, 0.1) is 49.5 Å². The Morgan fingerprint density at radius 2 is 1.66 bits per heavy atom. The molecule has 2 N–H and O–H groups in total. The smallest absolute Gasteiger partial charge is 0.355 e. The quantitative estimate of drug-likeness (QED) is 0.318. The number of hydrogen-bond acceptors (Lipinski definition) is 11. The molecule has 1 aliphatic rings. The van der Waals surface area contributed by atoms with Crippen molar-refractivity contribution in [1.29, 1.82) is 5.26 Å². The van der Waals surface area contributed by atoms with E-state index < -0.39 is 23.8 Å². The third kappa shape index (κ3) is 5.72. The lowest BCUT2D eigenvalue weighted by Crippen LogP contribution is -2.40. The Bertz CT molecular complexity index is 1570. The van der Waals surface area contributed by atoms with Crippen LogP contribution in [0, 0.1) is 11.3 Å². The summed E-state index contributed by atoms with van der Waals surface area (Å²) in [5.41, 5.74) is 7.45. The molecule has 0 saturated carbocycles. The fourth-order valence-electron chi connectivity index (χ4n) is 4.37. The third-order valence-corrected chi connectivity index (χ3v) is 6.17. The predicted octanol–water partition coefficient (Wildman–Crippen LogP) is 3.95. The first-order valence-electron chi connectivity index (χ1n) is 12.4. The fourth-order valence-corrected chi connectivity index (χ4v) is 4.37. The number of methoxy groups -OCH3 is 2. The number of ether oxygens (including phenoxy) is 4. The Morgan fingerprint density at radius 1 is 0.976 bits per heavy atom. The maximum Gasteiger partial charge on any atom is 0.355 e. The number of carbonyl (C=O) groups excluding carboxylic acids is 3. The third-order valence-electron chi connectivity index (χ3n) is 6.17. The summed E-state index contributed by atoms with van der Waals surface area (Å²) in [6.45, 7) is 1.94. The SMILES string of the molecule is CCOC(=O)c1ccnc(Oc2ccc(N3C(N)=C(C#N)C(c4ccccc4)C(C(=O)OC)=C3C(=O)OC)cc2)c1. The van der Waals surface area contributed by atoms with E-state index in [2.05, 4.69) is 11.1 Å². The molecular formula is C30H26N4O7. The molecule has 0 amide bonds. The minimum Gasteiger partial charge on any atom is -0.466 e. The minimum atomic E-state index is -0.973. The van der Waals surface area contributed by atoms with Gasteiger partial charge >= 0.3 is 17.9 Å². The number of rotatable bonds is 8. The molecule has 2 aromatic carbocycles. The number of carbonyl (C=O) groups is 3. The van der Waals surface area contributed by atoms with Gasteiger partial charge in [-0.05, 0) is 42.8 Å². The number of benzene rings is 2. The molecule has 0 bridgehead atoms. The maximum atomic E-state index is 13.2. The second-order valence-corrected chi connectivity index (χ2v) is 8.53. The number of nitrogens with zero attached hydrogens (tertiary/aromatic N) is 3. The van der Waals surface area contributed by atoms with Crippen molar-refractivity contribution in [3.63, 3.8) is 0 Å². The summed E-state index contributed by atoms with van der Waals surface area (Å²) < 4.78 is 20.9. The van der Waals surface area contributed by atoms with Crippen molar-refractivity contribution in [2.45, 2.75) is 12.8 Å². The minimum absolute atomic E-state index is 0.0459. The Morgan fingerprint density at radius 3 is 2.27 bits per heavy atom. The van der Waals surface area contributed by atoms with E-state index in [1.54, 1.807) is 61.5 Å². The van der Waals surface area contributed by atoms with Crippen LogP contribution in [0.25, 0.3) is 0 Å². The summed E-state index contributed by atoms with van der Waals surface area (Å²) >= 11 is 0. The van der Waals surface area contributed by atoms with Crippen LogP contribution in [0.5, 0.6) is 11.6 Å². The number of aromatic nitrogens is 1. The highest BCUT2D eigenvalue weighted by Crippen LogP contribution is 2.43. The molecule has 11 heteroatoms. The zero-order valence-electron chi connectivity index (χ0n) is 22.5. The molecule has 3 aromatic rings. The van der Waals surface area contributed by atoms with Crippen molar-refractivity contribution in [1.82, 2.24) is 4.98 Å². The summed E-state index contributed by atoms with van der Waals surface area (Å²) in [7, 11) is 2.36. The summed E-state index contributed by atoms with van der Waals surface area (Å²) in [4.78, 5) is 43.8. The van der Waals surface area contributed by atoms with Gasteiger partial charge in [0.15, 0.2) is 0 Å². The number of hydrogen-bond donors (Lipinski definition) is 1. The first kappa shape index (κ1) is 28.4. The van der Waals surface area contributed by atoms with E-state index in [0.29, 0.717) is 17.0 Å². The Balaban J connectivity index is 1.78. The molecule has 11 nitrogen and oxygen atoms in total. The van der Waals surface area contributed by atoms with E-state index in [1.807, 2.05) is 0 Å². The Hall–Kier alpha value is -5.63. The standard InChI is InChI=1S/C30H26N4O7/c1-4-40-28(35)19-14-15-33-23(16-19)41-21-12-10-20(11-13-21)34-26(30(37)39-3)25(29(36)38-2)24(22(17-31)27(34)32)18-8-6-5-7-9-18/h5-16,24H,4,32H2,1-3H3. The average Bonchev–Trinajstić information content (AvgIpc) is 3.00. The van der Waals surface area contributed by atoms with Gasteiger partial charge in [-0.3, -0.25) is 4.90 Å². The maximum absolute atomic E-state index is 13.2. The van der Waals surface area contributed by atoms with Gasteiger partial charge in [0.25, 0.3) is 0 Å². The number of allylic oxidation sites excluding steroid dienone is 1.